The zero-order valence-corrected chi connectivity index (χ0v) is 9.05. The summed E-state index contributed by atoms with van der Waals surface area (Å²) in [6.45, 7) is 7.05. The van der Waals surface area contributed by atoms with Gasteiger partial charge in [-0.1, -0.05) is 6.58 Å². The van der Waals surface area contributed by atoms with Crippen molar-refractivity contribution in [2.24, 2.45) is 0 Å². The van der Waals surface area contributed by atoms with Crippen molar-refractivity contribution in [3.05, 3.63) is 12.2 Å². The lowest BCUT2D eigenvalue weighted by molar-refractivity contribution is 0.116. The lowest BCUT2D eigenvalue weighted by atomic mass is 10.3. The van der Waals surface area contributed by atoms with Crippen LogP contribution in [-0.2, 0) is 9.47 Å². The predicted octanol–water partition coefficient (Wildman–Crippen LogP) is 1.35. The van der Waals surface area contributed by atoms with E-state index in [1.54, 1.807) is 7.11 Å². The molecule has 0 aromatic carbocycles. The van der Waals surface area contributed by atoms with Gasteiger partial charge >= 0.3 is 0 Å². The molecule has 0 aromatic heterocycles. The van der Waals surface area contributed by atoms with Crippen LogP contribution in [0.25, 0.3) is 0 Å². The van der Waals surface area contributed by atoms with E-state index in [1.807, 2.05) is 0 Å². The number of hydrogen-bond acceptors (Lipinski definition) is 3. The van der Waals surface area contributed by atoms with E-state index >= 15 is 0 Å². The first-order valence-corrected chi connectivity index (χ1v) is 5.29. The van der Waals surface area contributed by atoms with Crippen LogP contribution in [0.2, 0.25) is 0 Å². The summed E-state index contributed by atoms with van der Waals surface area (Å²) in [5.41, 5.74) is 1.13. The molecule has 0 saturated heterocycles. The molecule has 0 radical (unpaired) electrons. The smallest absolute Gasteiger partial charge is 0.0686 e. The van der Waals surface area contributed by atoms with Gasteiger partial charge in [0.1, 0.15) is 0 Å². The van der Waals surface area contributed by atoms with Crippen molar-refractivity contribution >= 4 is 0 Å². The molecule has 0 amide bonds. The molecule has 14 heavy (non-hydrogen) atoms. The Morgan fingerprint density at radius 3 is 2.86 bits per heavy atom. The van der Waals surface area contributed by atoms with Gasteiger partial charge in [-0.05, 0) is 24.8 Å². The maximum atomic E-state index is 5.43. The van der Waals surface area contributed by atoms with Crippen LogP contribution in [0.3, 0.4) is 0 Å². The Morgan fingerprint density at radius 2 is 2.21 bits per heavy atom. The minimum atomic E-state index is 0.670. The van der Waals surface area contributed by atoms with E-state index in [4.69, 9.17) is 9.47 Å². The highest BCUT2D eigenvalue weighted by Gasteiger charge is 2.19. The van der Waals surface area contributed by atoms with Gasteiger partial charge < -0.3 is 14.8 Å². The largest absolute Gasteiger partial charge is 0.385 e. The van der Waals surface area contributed by atoms with Crippen molar-refractivity contribution in [3.8, 4) is 0 Å². The topological polar surface area (TPSA) is 30.5 Å². The highest BCUT2D eigenvalue weighted by molar-refractivity contribution is 4.99. The third kappa shape index (κ3) is 6.13. The second-order valence-electron chi connectivity index (χ2n) is 3.80. The van der Waals surface area contributed by atoms with Crippen molar-refractivity contribution < 1.29 is 9.47 Å². The fourth-order valence-electron chi connectivity index (χ4n) is 1.15. The quantitative estimate of drug-likeness (QED) is 0.449. The molecule has 1 N–H and O–H groups in total. The highest BCUT2D eigenvalue weighted by atomic mass is 16.5. The van der Waals surface area contributed by atoms with Crippen molar-refractivity contribution in [1.29, 1.82) is 0 Å². The summed E-state index contributed by atoms with van der Waals surface area (Å²) in [4.78, 5) is 0. The number of rotatable bonds is 9. The summed E-state index contributed by atoms with van der Waals surface area (Å²) >= 11 is 0. The van der Waals surface area contributed by atoms with Crippen LogP contribution in [0, 0.1) is 0 Å². The summed E-state index contributed by atoms with van der Waals surface area (Å²) in [6.07, 6.45) is 3.60. The van der Waals surface area contributed by atoms with Crippen LogP contribution in [0.15, 0.2) is 12.2 Å². The lowest BCUT2D eigenvalue weighted by Crippen LogP contribution is -2.20. The van der Waals surface area contributed by atoms with Crippen LogP contribution < -0.4 is 5.32 Å². The molecule has 0 spiro atoms. The molecule has 1 rings (SSSR count). The molecule has 1 saturated carbocycles. The van der Waals surface area contributed by atoms with E-state index < -0.39 is 0 Å². The number of hydrogen-bond donors (Lipinski definition) is 1. The average Bonchev–Trinajstić information content (AvgIpc) is 2.98. The monoisotopic (exact) mass is 199 g/mol. The third-order valence-electron chi connectivity index (χ3n) is 2.16. The minimum absolute atomic E-state index is 0.670. The minimum Gasteiger partial charge on any atom is -0.385 e. The second kappa shape index (κ2) is 6.98. The van der Waals surface area contributed by atoms with Gasteiger partial charge in [0.25, 0.3) is 0 Å². The van der Waals surface area contributed by atoms with E-state index in [0.717, 1.165) is 37.8 Å². The van der Waals surface area contributed by atoms with Crippen LogP contribution in [0.4, 0.5) is 0 Å². The van der Waals surface area contributed by atoms with E-state index in [1.165, 1.54) is 12.8 Å². The molecule has 0 unspecified atom stereocenters. The first-order valence-electron chi connectivity index (χ1n) is 5.29. The molecule has 0 aromatic rings. The number of ether oxygens (including phenoxy) is 2. The van der Waals surface area contributed by atoms with Gasteiger partial charge in [-0.3, -0.25) is 0 Å². The molecule has 1 aliphatic carbocycles. The van der Waals surface area contributed by atoms with Crippen molar-refractivity contribution in [2.45, 2.75) is 25.3 Å². The van der Waals surface area contributed by atoms with Gasteiger partial charge in [0, 0.05) is 32.9 Å². The summed E-state index contributed by atoms with van der Waals surface area (Å²) in [7, 11) is 1.71. The van der Waals surface area contributed by atoms with Crippen LogP contribution in [0.1, 0.15) is 19.3 Å². The average molecular weight is 199 g/mol. The van der Waals surface area contributed by atoms with E-state index in [9.17, 15) is 0 Å². The second-order valence-corrected chi connectivity index (χ2v) is 3.80. The summed E-state index contributed by atoms with van der Waals surface area (Å²) in [5.74, 6) is 0. The first-order chi connectivity index (χ1) is 6.83. The molecule has 3 heteroatoms. The Morgan fingerprint density at radius 1 is 1.43 bits per heavy atom. The van der Waals surface area contributed by atoms with Gasteiger partial charge in [0.05, 0.1) is 6.61 Å². The van der Waals surface area contributed by atoms with Crippen LogP contribution >= 0.6 is 0 Å². The Hall–Kier alpha value is -0.380. The predicted molar refractivity (Wildman–Crippen MR) is 57.5 cm³/mol. The molecule has 82 valence electrons. The van der Waals surface area contributed by atoms with Crippen molar-refractivity contribution in [2.75, 3.05) is 33.5 Å². The maximum Gasteiger partial charge on any atom is 0.0686 e. The van der Waals surface area contributed by atoms with E-state index in [2.05, 4.69) is 11.9 Å². The van der Waals surface area contributed by atoms with E-state index in [-0.39, 0.29) is 0 Å². The molecule has 3 nitrogen and oxygen atoms in total. The van der Waals surface area contributed by atoms with Gasteiger partial charge in [0.2, 0.25) is 0 Å². The van der Waals surface area contributed by atoms with Gasteiger partial charge in [-0.25, -0.2) is 0 Å². The number of nitrogens with one attached hydrogen (secondary N) is 1. The van der Waals surface area contributed by atoms with Crippen LogP contribution in [-0.4, -0.2) is 39.5 Å². The summed E-state index contributed by atoms with van der Waals surface area (Å²) in [6, 6.07) is 0.750. The Labute approximate surface area is 86.5 Å². The van der Waals surface area contributed by atoms with Gasteiger partial charge in [-0.2, -0.15) is 0 Å². The Bertz CT molecular complexity index is 167. The fraction of sp³-hybridized carbons (Fsp3) is 0.818. The lowest BCUT2D eigenvalue weighted by Gasteiger charge is -2.07. The summed E-state index contributed by atoms with van der Waals surface area (Å²) < 4.78 is 10.4. The molecular formula is C11H21NO2. The molecule has 0 atom stereocenters. The Balaban J connectivity index is 1.81. The fourth-order valence-corrected chi connectivity index (χ4v) is 1.15. The zero-order valence-electron chi connectivity index (χ0n) is 9.05. The molecule has 0 bridgehead atoms. The molecule has 1 aliphatic rings. The Kier molecular flexibility index (Phi) is 5.83. The molecule has 0 heterocycles. The number of methoxy groups -OCH3 is 1. The van der Waals surface area contributed by atoms with Crippen molar-refractivity contribution in [1.82, 2.24) is 5.32 Å². The normalized spacial score (nSPS) is 15.8. The summed E-state index contributed by atoms with van der Waals surface area (Å²) in [5, 5.41) is 3.40. The van der Waals surface area contributed by atoms with Gasteiger partial charge in [-0.15, -0.1) is 0 Å². The molecule has 1 fully saturated rings. The zero-order chi connectivity index (χ0) is 10.2. The molecular weight excluding hydrogens is 178 g/mol. The van der Waals surface area contributed by atoms with Crippen LogP contribution in [0.5, 0.6) is 0 Å². The first kappa shape index (κ1) is 11.7. The van der Waals surface area contributed by atoms with Crippen molar-refractivity contribution in [3.63, 3.8) is 0 Å². The third-order valence-corrected chi connectivity index (χ3v) is 2.16. The SMILES string of the molecule is C=C(CNC1CC1)COCCCOC. The highest BCUT2D eigenvalue weighted by Crippen LogP contribution is 2.18. The molecule has 0 aliphatic heterocycles. The van der Waals surface area contributed by atoms with E-state index in [0.29, 0.717) is 6.61 Å². The standard InChI is InChI=1S/C11H21NO2/c1-10(8-12-11-4-5-11)9-14-7-3-6-13-2/h11-12H,1,3-9H2,2H3. The van der Waals surface area contributed by atoms with Gasteiger partial charge in [0.15, 0.2) is 0 Å². The maximum absolute atomic E-state index is 5.43.